The second-order valence-corrected chi connectivity index (χ2v) is 14.1. The van der Waals surface area contributed by atoms with E-state index >= 15 is 0 Å². The maximum absolute atomic E-state index is 14.7. The number of carbonyl (C=O) groups is 5. The first-order valence-electron chi connectivity index (χ1n) is 15.3. The number of esters is 1. The molecule has 0 spiro atoms. The molecule has 258 valence electrons. The van der Waals surface area contributed by atoms with Crippen molar-refractivity contribution in [2.24, 2.45) is 0 Å². The monoisotopic (exact) mass is 734 g/mol. The number of thiophene rings is 1. The predicted molar refractivity (Wildman–Crippen MR) is 193 cm³/mol. The molecule has 5 rings (SSSR count). The van der Waals surface area contributed by atoms with Gasteiger partial charge in [-0.3, -0.25) is 19.2 Å². The van der Waals surface area contributed by atoms with Crippen LogP contribution in [-0.2, 0) is 32.1 Å². The predicted octanol–water partition coefficient (Wildman–Crippen LogP) is 6.76. The number of hydrogen-bond donors (Lipinski definition) is 3. The average Bonchev–Trinajstić information content (AvgIpc) is 3.46. The minimum Gasteiger partial charge on any atom is -0.465 e. The summed E-state index contributed by atoms with van der Waals surface area (Å²) in [5.74, 6) is -3.00. The van der Waals surface area contributed by atoms with Crippen LogP contribution in [0.3, 0.4) is 0 Å². The van der Waals surface area contributed by atoms with Crippen LogP contribution in [0.25, 0.3) is 6.08 Å². The van der Waals surface area contributed by atoms with Gasteiger partial charge < -0.3 is 25.6 Å². The highest BCUT2D eigenvalue weighted by molar-refractivity contribution is 8.00. The smallest absolute Gasteiger partial charge is 0.341 e. The van der Waals surface area contributed by atoms with E-state index in [0.29, 0.717) is 40.7 Å². The lowest BCUT2D eigenvalue weighted by Crippen LogP contribution is -2.33. The Labute approximate surface area is 301 Å². The number of hydrogen-bond acceptors (Lipinski definition) is 8. The molecule has 1 aliphatic rings. The van der Waals surface area contributed by atoms with Crippen LogP contribution < -0.4 is 16.0 Å². The van der Waals surface area contributed by atoms with Gasteiger partial charge in [0.05, 0.1) is 29.5 Å². The summed E-state index contributed by atoms with van der Waals surface area (Å²) in [6.07, 6.45) is 1.64. The molecule has 4 amide bonds. The number of fused-ring (bicyclic) bond motifs is 1. The second-order valence-electron chi connectivity index (χ2n) is 11.1. The fourth-order valence-electron chi connectivity index (χ4n) is 5.13. The summed E-state index contributed by atoms with van der Waals surface area (Å²) in [5, 5.41) is 7.93. The number of benzene rings is 3. The van der Waals surface area contributed by atoms with E-state index in [0.717, 1.165) is 10.4 Å². The van der Waals surface area contributed by atoms with Gasteiger partial charge in [-0.05, 0) is 67.4 Å². The molecule has 2 heterocycles. The molecule has 0 bridgehead atoms. The second kappa shape index (κ2) is 16.2. The van der Waals surface area contributed by atoms with Crippen LogP contribution in [0, 0.1) is 5.82 Å². The Kier molecular flexibility index (Phi) is 11.7. The van der Waals surface area contributed by atoms with Crippen molar-refractivity contribution in [3.05, 3.63) is 116 Å². The molecule has 3 N–H and O–H groups in total. The maximum atomic E-state index is 14.7. The van der Waals surface area contributed by atoms with Gasteiger partial charge in [0.1, 0.15) is 16.5 Å². The SMILES string of the molecule is COC(=O)c1c(NC(=O)C(C)Sc2cccc(NC(=O)/C(=C\c3c(F)cccc3Cl)NC(=O)c3ccccc3)c2)sc2c1CCN(C(C)=O)C2. The van der Waals surface area contributed by atoms with Gasteiger partial charge in [-0.1, -0.05) is 41.9 Å². The Bertz CT molecular complexity index is 1980. The molecule has 1 aromatic heterocycles. The van der Waals surface area contributed by atoms with E-state index in [2.05, 4.69) is 16.0 Å². The molecular formula is C36H32ClFN4O6S2. The number of halogens is 2. The van der Waals surface area contributed by atoms with Crippen molar-refractivity contribution < 1.29 is 33.1 Å². The summed E-state index contributed by atoms with van der Waals surface area (Å²) < 4.78 is 19.7. The lowest BCUT2D eigenvalue weighted by Gasteiger charge is -2.25. The number of carbonyl (C=O) groups excluding carboxylic acids is 5. The van der Waals surface area contributed by atoms with Crippen molar-refractivity contribution >= 4 is 81.1 Å². The van der Waals surface area contributed by atoms with Crippen LogP contribution in [0.1, 0.15) is 50.6 Å². The lowest BCUT2D eigenvalue weighted by atomic mass is 10.0. The summed E-state index contributed by atoms with van der Waals surface area (Å²) in [6.45, 7) is 4.00. The molecule has 0 aliphatic carbocycles. The highest BCUT2D eigenvalue weighted by Gasteiger charge is 2.31. The molecule has 0 radical (unpaired) electrons. The molecule has 50 heavy (non-hydrogen) atoms. The summed E-state index contributed by atoms with van der Waals surface area (Å²) >= 11 is 8.67. The highest BCUT2D eigenvalue weighted by atomic mass is 35.5. The lowest BCUT2D eigenvalue weighted by molar-refractivity contribution is -0.129. The minimum atomic E-state index is -0.734. The summed E-state index contributed by atoms with van der Waals surface area (Å²) in [4.78, 5) is 67.7. The van der Waals surface area contributed by atoms with Crippen LogP contribution in [0.15, 0.2) is 83.4 Å². The summed E-state index contributed by atoms with van der Waals surface area (Å²) in [5.41, 5.74) is 1.38. The Morgan fingerprint density at radius 2 is 1.76 bits per heavy atom. The molecule has 3 aromatic carbocycles. The van der Waals surface area contributed by atoms with E-state index in [4.69, 9.17) is 16.3 Å². The van der Waals surface area contributed by atoms with Gasteiger partial charge in [0.15, 0.2) is 0 Å². The average molecular weight is 735 g/mol. The Balaban J connectivity index is 1.31. The Hall–Kier alpha value is -4.98. The third-order valence-electron chi connectivity index (χ3n) is 7.72. The molecular weight excluding hydrogens is 703 g/mol. The van der Waals surface area contributed by atoms with Gasteiger partial charge in [-0.2, -0.15) is 0 Å². The van der Waals surface area contributed by atoms with E-state index in [-0.39, 0.29) is 33.7 Å². The van der Waals surface area contributed by atoms with E-state index in [9.17, 15) is 28.4 Å². The largest absolute Gasteiger partial charge is 0.465 e. The van der Waals surface area contributed by atoms with Gasteiger partial charge in [0, 0.05) is 40.1 Å². The zero-order valence-corrected chi connectivity index (χ0v) is 29.6. The van der Waals surface area contributed by atoms with Crippen LogP contribution in [0.5, 0.6) is 0 Å². The number of nitrogens with one attached hydrogen (secondary N) is 3. The molecule has 14 heteroatoms. The number of thioether (sulfide) groups is 1. The summed E-state index contributed by atoms with van der Waals surface area (Å²) in [6, 6.07) is 19.0. The molecule has 1 aliphatic heterocycles. The van der Waals surface area contributed by atoms with Gasteiger partial charge >= 0.3 is 5.97 Å². The number of anilines is 2. The fraction of sp³-hybridized carbons (Fsp3) is 0.194. The maximum Gasteiger partial charge on any atom is 0.341 e. The van der Waals surface area contributed by atoms with Crippen LogP contribution in [-0.4, -0.2) is 53.4 Å². The number of rotatable bonds is 10. The quantitative estimate of drug-likeness (QED) is 0.0932. The fourth-order valence-corrected chi connectivity index (χ4v) is 7.53. The van der Waals surface area contributed by atoms with Gasteiger partial charge in [-0.15, -0.1) is 23.1 Å². The minimum absolute atomic E-state index is 0.0504. The first-order valence-corrected chi connectivity index (χ1v) is 17.4. The van der Waals surface area contributed by atoms with Crippen molar-refractivity contribution in [2.45, 2.75) is 37.0 Å². The summed E-state index contributed by atoms with van der Waals surface area (Å²) in [7, 11) is 1.28. The topological polar surface area (TPSA) is 134 Å². The molecule has 1 unspecified atom stereocenters. The van der Waals surface area contributed by atoms with E-state index in [1.165, 1.54) is 61.4 Å². The molecule has 1 atom stereocenters. The molecule has 4 aromatic rings. The first-order chi connectivity index (χ1) is 23.9. The molecule has 0 saturated carbocycles. The van der Waals surface area contributed by atoms with Crippen molar-refractivity contribution in [3.8, 4) is 0 Å². The Morgan fingerprint density at radius 3 is 2.46 bits per heavy atom. The number of amides is 4. The van der Waals surface area contributed by atoms with Gasteiger partial charge in [0.25, 0.3) is 11.8 Å². The van der Waals surface area contributed by atoms with Gasteiger partial charge in [0.2, 0.25) is 11.8 Å². The normalized spacial score (nSPS) is 13.1. The number of methoxy groups -OCH3 is 1. The van der Waals surface area contributed by atoms with Crippen molar-refractivity contribution in [3.63, 3.8) is 0 Å². The van der Waals surface area contributed by atoms with Crippen molar-refractivity contribution in [2.75, 3.05) is 24.3 Å². The van der Waals surface area contributed by atoms with Crippen LogP contribution >= 0.6 is 34.7 Å². The van der Waals surface area contributed by atoms with E-state index < -0.39 is 28.9 Å². The van der Waals surface area contributed by atoms with Gasteiger partial charge in [-0.25, -0.2) is 9.18 Å². The Morgan fingerprint density at radius 1 is 1.02 bits per heavy atom. The number of ether oxygens (including phenoxy) is 1. The highest BCUT2D eigenvalue weighted by Crippen LogP contribution is 2.38. The van der Waals surface area contributed by atoms with E-state index in [1.807, 2.05) is 0 Å². The number of nitrogens with zero attached hydrogens (tertiary/aromatic N) is 1. The third kappa shape index (κ3) is 8.59. The van der Waals surface area contributed by atoms with Crippen LogP contribution in [0.4, 0.5) is 15.1 Å². The standard InChI is InChI=1S/C36H32ClFN4O6S2/c1-20(32(44)41-35-31(36(47)48-3)25-15-16-42(21(2)43)19-30(25)50-35)49-24-12-7-11-23(17-24)39-34(46)29(18-26-27(37)13-8-14-28(26)38)40-33(45)22-9-5-4-6-10-22/h4-14,17-18,20H,15-16,19H2,1-3H3,(H,39,46)(H,40,45)(H,41,44)/b29-18+. The van der Waals surface area contributed by atoms with Crippen molar-refractivity contribution in [1.82, 2.24) is 10.2 Å². The molecule has 0 saturated heterocycles. The van der Waals surface area contributed by atoms with Crippen LogP contribution in [0.2, 0.25) is 5.02 Å². The van der Waals surface area contributed by atoms with E-state index in [1.54, 1.807) is 66.4 Å². The third-order valence-corrected chi connectivity index (χ3v) is 10.3. The first kappa shape index (κ1) is 36.3. The van der Waals surface area contributed by atoms with Crippen molar-refractivity contribution in [1.29, 1.82) is 0 Å². The molecule has 10 nitrogen and oxygen atoms in total. The molecule has 0 fully saturated rings. The zero-order chi connectivity index (χ0) is 35.9. The zero-order valence-electron chi connectivity index (χ0n) is 27.2.